The van der Waals surface area contributed by atoms with Crippen LogP contribution >= 0.6 is 15.9 Å². The summed E-state index contributed by atoms with van der Waals surface area (Å²) in [7, 11) is 0. The third kappa shape index (κ3) is 5.82. The summed E-state index contributed by atoms with van der Waals surface area (Å²) in [5.74, 6) is -1.38. The number of aromatic carboxylic acids is 1. The number of aromatic nitrogens is 3. The molecule has 1 aromatic rings. The molecule has 0 unspecified atom stereocenters. The minimum Gasteiger partial charge on any atom is -0.475 e. The number of nitrogens with one attached hydrogen (secondary N) is 1. The number of hydrogen-bond donors (Lipinski definition) is 2. The van der Waals surface area contributed by atoms with E-state index >= 15 is 0 Å². The molecule has 6 nitrogen and oxygen atoms in total. The lowest BCUT2D eigenvalue weighted by Gasteiger charge is -2.13. The zero-order chi connectivity index (χ0) is 12.6. The van der Waals surface area contributed by atoms with Crippen LogP contribution in [-0.2, 0) is 0 Å². The van der Waals surface area contributed by atoms with E-state index in [2.05, 4.69) is 56.8 Å². The van der Waals surface area contributed by atoms with Crippen molar-refractivity contribution in [3.8, 4) is 0 Å². The molecule has 0 aliphatic heterocycles. The van der Waals surface area contributed by atoms with Gasteiger partial charge in [-0.05, 0) is 35.6 Å². The second kappa shape index (κ2) is 8.23. The van der Waals surface area contributed by atoms with Crippen LogP contribution in [0, 0.1) is 0 Å². The highest BCUT2D eigenvalue weighted by Crippen LogP contribution is 1.99. The first-order valence-electron chi connectivity index (χ1n) is 5.08. The summed E-state index contributed by atoms with van der Waals surface area (Å²) in [4.78, 5) is 15.9. The number of halogens is 1. The molecule has 0 aliphatic rings. The molecule has 0 atom stereocenters. The fraction of sp³-hybridized carbons (Fsp3) is 0.667. The minimum absolute atomic E-state index is 0.234. The number of carbonyl (C=O) groups is 1. The Kier molecular flexibility index (Phi) is 7.74. The van der Waals surface area contributed by atoms with E-state index < -0.39 is 5.97 Å². The fourth-order valence-electron chi connectivity index (χ4n) is 1.01. The quantitative estimate of drug-likeness (QED) is 0.881. The molecule has 0 saturated carbocycles. The van der Waals surface area contributed by atoms with Crippen molar-refractivity contribution in [3.63, 3.8) is 0 Å². The van der Waals surface area contributed by atoms with Crippen LogP contribution in [0.5, 0.6) is 0 Å². The molecule has 0 aliphatic carbocycles. The molecule has 1 aromatic heterocycles. The predicted molar refractivity (Wildman–Crippen MR) is 64.5 cm³/mol. The molecule has 0 radical (unpaired) electrons. The maximum absolute atomic E-state index is 10.0. The molecule has 0 bridgehead atoms. The van der Waals surface area contributed by atoms with Crippen molar-refractivity contribution in [2.75, 3.05) is 19.6 Å². The van der Waals surface area contributed by atoms with Gasteiger partial charge in [-0.15, -0.1) is 5.10 Å². The first kappa shape index (κ1) is 15.0. The lowest BCUT2D eigenvalue weighted by Crippen LogP contribution is -2.21. The normalized spacial score (nSPS) is 9.81. The SMILES string of the molecule is CCN(CC)CC.O=C(O)c1n[nH]c(Br)n1. The Morgan fingerprint density at radius 1 is 1.38 bits per heavy atom. The van der Waals surface area contributed by atoms with Crippen LogP contribution < -0.4 is 0 Å². The van der Waals surface area contributed by atoms with Gasteiger partial charge in [0.05, 0.1) is 0 Å². The highest BCUT2D eigenvalue weighted by molar-refractivity contribution is 9.10. The van der Waals surface area contributed by atoms with Crippen molar-refractivity contribution in [1.29, 1.82) is 0 Å². The topological polar surface area (TPSA) is 82.1 Å². The van der Waals surface area contributed by atoms with Gasteiger partial charge in [0.15, 0.2) is 4.73 Å². The average molecular weight is 293 g/mol. The summed E-state index contributed by atoms with van der Waals surface area (Å²) in [5, 5.41) is 13.9. The number of carboxylic acids is 1. The molecule has 1 rings (SSSR count). The highest BCUT2D eigenvalue weighted by atomic mass is 79.9. The maximum Gasteiger partial charge on any atom is 0.375 e. The molecule has 0 spiro atoms. The molecule has 7 heteroatoms. The molecular formula is C9H17BrN4O2. The van der Waals surface area contributed by atoms with Crippen molar-refractivity contribution in [2.45, 2.75) is 20.8 Å². The van der Waals surface area contributed by atoms with Gasteiger partial charge in [-0.25, -0.2) is 4.79 Å². The summed E-state index contributed by atoms with van der Waals surface area (Å²) in [5.41, 5.74) is 0. The van der Waals surface area contributed by atoms with E-state index in [9.17, 15) is 4.79 Å². The third-order valence-electron chi connectivity index (χ3n) is 1.99. The smallest absolute Gasteiger partial charge is 0.375 e. The molecule has 1 heterocycles. The van der Waals surface area contributed by atoms with E-state index in [1.54, 1.807) is 0 Å². The van der Waals surface area contributed by atoms with E-state index in [1.165, 1.54) is 19.6 Å². The number of H-pyrrole nitrogens is 1. The first-order chi connectivity index (χ1) is 7.54. The van der Waals surface area contributed by atoms with Crippen LogP contribution in [0.4, 0.5) is 0 Å². The van der Waals surface area contributed by atoms with Crippen molar-refractivity contribution in [3.05, 3.63) is 10.6 Å². The number of rotatable bonds is 4. The number of aromatic amines is 1. The van der Waals surface area contributed by atoms with Gasteiger partial charge in [-0.3, -0.25) is 5.10 Å². The zero-order valence-electron chi connectivity index (χ0n) is 9.70. The molecule has 2 N–H and O–H groups in total. The van der Waals surface area contributed by atoms with Crippen LogP contribution in [0.1, 0.15) is 31.4 Å². The molecule has 0 amide bonds. The number of hydrogen-bond acceptors (Lipinski definition) is 4. The van der Waals surface area contributed by atoms with Crippen LogP contribution in [0.2, 0.25) is 0 Å². The fourth-order valence-corrected chi connectivity index (χ4v) is 1.27. The van der Waals surface area contributed by atoms with E-state index in [0.717, 1.165) is 0 Å². The van der Waals surface area contributed by atoms with Gasteiger partial charge < -0.3 is 10.0 Å². The minimum atomic E-state index is -1.14. The van der Waals surface area contributed by atoms with E-state index in [0.29, 0.717) is 4.73 Å². The summed E-state index contributed by atoms with van der Waals surface area (Å²) in [6, 6.07) is 0. The van der Waals surface area contributed by atoms with Gasteiger partial charge in [0.1, 0.15) is 0 Å². The van der Waals surface area contributed by atoms with E-state index in [-0.39, 0.29) is 5.82 Å². The monoisotopic (exact) mass is 292 g/mol. The van der Waals surface area contributed by atoms with Crippen molar-refractivity contribution in [1.82, 2.24) is 20.1 Å². The number of nitrogens with zero attached hydrogens (tertiary/aromatic N) is 3. The van der Waals surface area contributed by atoms with Crippen LogP contribution in [0.3, 0.4) is 0 Å². The standard InChI is InChI=1S/C6H15N.C3H2BrN3O2/c1-4-7(5-2)6-3;4-3-5-1(2(8)9)6-7-3/h4-6H2,1-3H3;(H,8,9)(H,5,6,7). The predicted octanol–water partition coefficient (Wildman–Crippen LogP) is 1.61. The summed E-state index contributed by atoms with van der Waals surface area (Å²) < 4.78 is 0.319. The van der Waals surface area contributed by atoms with Crippen LogP contribution in [-0.4, -0.2) is 50.8 Å². The van der Waals surface area contributed by atoms with Crippen molar-refractivity contribution < 1.29 is 9.90 Å². The zero-order valence-corrected chi connectivity index (χ0v) is 11.3. The molecule has 0 saturated heterocycles. The van der Waals surface area contributed by atoms with Crippen LogP contribution in [0.25, 0.3) is 0 Å². The van der Waals surface area contributed by atoms with Gasteiger partial charge in [0.2, 0.25) is 0 Å². The van der Waals surface area contributed by atoms with Crippen molar-refractivity contribution >= 4 is 21.9 Å². The Bertz CT molecular complexity index is 307. The van der Waals surface area contributed by atoms with Gasteiger partial charge in [0.25, 0.3) is 5.82 Å². The Morgan fingerprint density at radius 2 is 1.88 bits per heavy atom. The lowest BCUT2D eigenvalue weighted by atomic mass is 10.5. The summed E-state index contributed by atoms with van der Waals surface area (Å²) >= 11 is 2.91. The number of carboxylic acid groups (broad SMARTS) is 1. The van der Waals surface area contributed by atoms with Crippen molar-refractivity contribution in [2.24, 2.45) is 0 Å². The van der Waals surface area contributed by atoms with Gasteiger partial charge in [-0.2, -0.15) is 4.98 Å². The summed E-state index contributed by atoms with van der Waals surface area (Å²) in [6.07, 6.45) is 0. The average Bonchev–Trinajstić information content (AvgIpc) is 2.69. The Hall–Kier alpha value is -0.950. The summed E-state index contributed by atoms with van der Waals surface area (Å²) in [6.45, 7) is 10.1. The van der Waals surface area contributed by atoms with Gasteiger partial charge in [-0.1, -0.05) is 20.8 Å². The largest absolute Gasteiger partial charge is 0.475 e. The maximum atomic E-state index is 10.0. The Labute approximate surface area is 103 Å². The van der Waals surface area contributed by atoms with Gasteiger partial charge in [0, 0.05) is 0 Å². The van der Waals surface area contributed by atoms with E-state index in [4.69, 9.17) is 5.11 Å². The molecular weight excluding hydrogens is 276 g/mol. The Morgan fingerprint density at radius 3 is 2.00 bits per heavy atom. The first-order valence-corrected chi connectivity index (χ1v) is 5.87. The second-order valence-electron chi connectivity index (χ2n) is 2.87. The highest BCUT2D eigenvalue weighted by Gasteiger charge is 2.07. The van der Waals surface area contributed by atoms with Crippen LogP contribution in [0.15, 0.2) is 4.73 Å². The lowest BCUT2D eigenvalue weighted by molar-refractivity contribution is 0.0684. The van der Waals surface area contributed by atoms with E-state index in [1.807, 2.05) is 0 Å². The van der Waals surface area contributed by atoms with Gasteiger partial charge >= 0.3 is 5.97 Å². The third-order valence-corrected chi connectivity index (χ3v) is 2.35. The molecule has 0 fully saturated rings. The molecule has 0 aromatic carbocycles. The second-order valence-corrected chi connectivity index (χ2v) is 3.63. The molecule has 92 valence electrons. The Balaban J connectivity index is 0.000000293. The molecule has 16 heavy (non-hydrogen) atoms.